The van der Waals surface area contributed by atoms with Crippen LogP contribution in [0.4, 0.5) is 5.69 Å². The molecule has 0 aliphatic heterocycles. The summed E-state index contributed by atoms with van der Waals surface area (Å²) in [7, 11) is 0. The smallest absolute Gasteiger partial charge is 0.251 e. The molecule has 1 aromatic heterocycles. The number of amides is 2. The van der Waals surface area contributed by atoms with E-state index in [1.807, 2.05) is 0 Å². The first-order valence-electron chi connectivity index (χ1n) is 8.10. The standard InChI is InChI=1S/C18H23N3O3/c1-2-3-10-19-17(22)13-20-15-8-6-14(7-9-15)18(23)21-12-16-5-4-11-24-16/h4-9,11,20H,2-3,10,12-13H2,1H3,(H,19,22)(H,21,23). The average Bonchev–Trinajstić information content (AvgIpc) is 3.12. The van der Waals surface area contributed by atoms with Crippen molar-refractivity contribution in [1.29, 1.82) is 0 Å². The monoisotopic (exact) mass is 329 g/mol. The third kappa shape index (κ3) is 5.79. The molecule has 6 nitrogen and oxygen atoms in total. The van der Waals surface area contributed by atoms with E-state index in [9.17, 15) is 9.59 Å². The fraction of sp³-hybridized carbons (Fsp3) is 0.333. The van der Waals surface area contributed by atoms with Gasteiger partial charge in [0.1, 0.15) is 5.76 Å². The van der Waals surface area contributed by atoms with Crippen LogP contribution < -0.4 is 16.0 Å². The summed E-state index contributed by atoms with van der Waals surface area (Å²) in [4.78, 5) is 23.6. The molecule has 0 aliphatic rings. The fourth-order valence-electron chi connectivity index (χ4n) is 2.07. The molecular weight excluding hydrogens is 306 g/mol. The zero-order chi connectivity index (χ0) is 17.2. The molecule has 24 heavy (non-hydrogen) atoms. The van der Waals surface area contributed by atoms with Gasteiger partial charge in [-0.15, -0.1) is 0 Å². The van der Waals surface area contributed by atoms with Gasteiger partial charge in [0, 0.05) is 17.8 Å². The Morgan fingerprint density at radius 1 is 1.08 bits per heavy atom. The fourth-order valence-corrected chi connectivity index (χ4v) is 2.07. The summed E-state index contributed by atoms with van der Waals surface area (Å²) in [6.45, 7) is 3.35. The van der Waals surface area contributed by atoms with E-state index >= 15 is 0 Å². The lowest BCUT2D eigenvalue weighted by atomic mass is 10.2. The molecule has 2 rings (SSSR count). The molecule has 0 atom stereocenters. The number of benzene rings is 1. The minimum absolute atomic E-state index is 0.0382. The molecule has 0 aliphatic carbocycles. The first-order chi connectivity index (χ1) is 11.7. The highest BCUT2D eigenvalue weighted by Crippen LogP contribution is 2.09. The quantitative estimate of drug-likeness (QED) is 0.617. The Kier molecular flexibility index (Phi) is 6.89. The SMILES string of the molecule is CCCCNC(=O)CNc1ccc(C(=O)NCc2ccco2)cc1. The van der Waals surface area contributed by atoms with Crippen molar-refractivity contribution in [2.45, 2.75) is 26.3 Å². The second-order valence-electron chi connectivity index (χ2n) is 5.40. The van der Waals surface area contributed by atoms with Crippen molar-refractivity contribution in [2.24, 2.45) is 0 Å². The molecule has 0 unspecified atom stereocenters. The number of hydrogen-bond acceptors (Lipinski definition) is 4. The van der Waals surface area contributed by atoms with Gasteiger partial charge in [-0.3, -0.25) is 9.59 Å². The van der Waals surface area contributed by atoms with Crippen molar-refractivity contribution in [1.82, 2.24) is 10.6 Å². The molecule has 0 spiro atoms. The maximum Gasteiger partial charge on any atom is 0.251 e. The highest BCUT2D eigenvalue weighted by molar-refractivity contribution is 5.94. The maximum atomic E-state index is 12.0. The summed E-state index contributed by atoms with van der Waals surface area (Å²) < 4.78 is 5.17. The number of hydrogen-bond donors (Lipinski definition) is 3. The Labute approximate surface area is 141 Å². The van der Waals surface area contributed by atoms with Gasteiger partial charge in [0.25, 0.3) is 5.91 Å². The van der Waals surface area contributed by atoms with Gasteiger partial charge in [-0.05, 0) is 42.8 Å². The van der Waals surface area contributed by atoms with Gasteiger partial charge in [0.05, 0.1) is 19.4 Å². The molecule has 6 heteroatoms. The van der Waals surface area contributed by atoms with Gasteiger partial charge in [0.2, 0.25) is 5.91 Å². The zero-order valence-electron chi connectivity index (χ0n) is 13.8. The molecule has 3 N–H and O–H groups in total. The van der Waals surface area contributed by atoms with Gasteiger partial charge < -0.3 is 20.4 Å². The first kappa shape index (κ1) is 17.6. The van der Waals surface area contributed by atoms with Gasteiger partial charge in [0.15, 0.2) is 0 Å². The van der Waals surface area contributed by atoms with Crippen molar-refractivity contribution < 1.29 is 14.0 Å². The highest BCUT2D eigenvalue weighted by Gasteiger charge is 2.06. The van der Waals surface area contributed by atoms with Crippen molar-refractivity contribution in [3.63, 3.8) is 0 Å². The van der Waals surface area contributed by atoms with Crippen LogP contribution >= 0.6 is 0 Å². The van der Waals surface area contributed by atoms with Crippen LogP contribution in [-0.4, -0.2) is 24.9 Å². The lowest BCUT2D eigenvalue weighted by molar-refractivity contribution is -0.119. The van der Waals surface area contributed by atoms with Crippen LogP contribution in [-0.2, 0) is 11.3 Å². The number of nitrogens with one attached hydrogen (secondary N) is 3. The van der Waals surface area contributed by atoms with Crippen LogP contribution in [0.15, 0.2) is 47.1 Å². The van der Waals surface area contributed by atoms with E-state index < -0.39 is 0 Å². The Bertz CT molecular complexity index is 636. The van der Waals surface area contributed by atoms with Crippen LogP contribution in [0.5, 0.6) is 0 Å². The summed E-state index contributed by atoms with van der Waals surface area (Å²) >= 11 is 0. The van der Waals surface area contributed by atoms with E-state index in [-0.39, 0.29) is 18.4 Å². The summed E-state index contributed by atoms with van der Waals surface area (Å²) in [5.74, 6) is 0.495. The van der Waals surface area contributed by atoms with Crippen LogP contribution in [0.1, 0.15) is 35.9 Å². The van der Waals surface area contributed by atoms with E-state index in [1.165, 1.54) is 0 Å². The third-order valence-electron chi connectivity index (χ3n) is 3.46. The van der Waals surface area contributed by atoms with Crippen LogP contribution in [0.25, 0.3) is 0 Å². The first-order valence-corrected chi connectivity index (χ1v) is 8.10. The molecule has 2 aromatic rings. The summed E-state index contributed by atoms with van der Waals surface area (Å²) in [6, 6.07) is 10.6. The molecule has 1 heterocycles. The Hall–Kier alpha value is -2.76. The van der Waals surface area contributed by atoms with E-state index in [1.54, 1.807) is 42.7 Å². The Morgan fingerprint density at radius 3 is 2.54 bits per heavy atom. The van der Waals surface area contributed by atoms with Crippen LogP contribution in [0.2, 0.25) is 0 Å². The maximum absolute atomic E-state index is 12.0. The largest absolute Gasteiger partial charge is 0.467 e. The van der Waals surface area contributed by atoms with E-state index in [0.29, 0.717) is 24.4 Å². The second kappa shape index (κ2) is 9.39. The van der Waals surface area contributed by atoms with E-state index in [4.69, 9.17) is 4.42 Å². The normalized spacial score (nSPS) is 10.2. The molecular formula is C18H23N3O3. The topological polar surface area (TPSA) is 83.4 Å². The molecule has 128 valence electrons. The molecule has 0 saturated carbocycles. The molecule has 2 amide bonds. The van der Waals surface area contributed by atoms with E-state index in [0.717, 1.165) is 18.5 Å². The van der Waals surface area contributed by atoms with Crippen molar-refractivity contribution >= 4 is 17.5 Å². The minimum atomic E-state index is -0.171. The lowest BCUT2D eigenvalue weighted by Crippen LogP contribution is -2.30. The summed E-state index contributed by atoms with van der Waals surface area (Å²) in [6.07, 6.45) is 3.60. The second-order valence-corrected chi connectivity index (χ2v) is 5.40. The van der Waals surface area contributed by atoms with Crippen LogP contribution in [0, 0.1) is 0 Å². The lowest BCUT2D eigenvalue weighted by Gasteiger charge is -2.08. The van der Waals surface area contributed by atoms with Gasteiger partial charge in [-0.1, -0.05) is 13.3 Å². The van der Waals surface area contributed by atoms with Crippen molar-refractivity contribution in [2.75, 3.05) is 18.4 Å². The number of carbonyl (C=O) groups excluding carboxylic acids is 2. The molecule has 0 bridgehead atoms. The molecule has 0 radical (unpaired) electrons. The van der Waals surface area contributed by atoms with Crippen molar-refractivity contribution in [3.05, 3.63) is 54.0 Å². The average molecular weight is 329 g/mol. The molecule has 0 fully saturated rings. The zero-order valence-corrected chi connectivity index (χ0v) is 13.8. The number of rotatable bonds is 9. The summed E-state index contributed by atoms with van der Waals surface area (Å²) in [5.41, 5.74) is 1.35. The number of carbonyl (C=O) groups is 2. The minimum Gasteiger partial charge on any atom is -0.467 e. The third-order valence-corrected chi connectivity index (χ3v) is 3.46. The number of unbranched alkanes of at least 4 members (excludes halogenated alkanes) is 1. The number of furan rings is 1. The van der Waals surface area contributed by atoms with Gasteiger partial charge in [-0.2, -0.15) is 0 Å². The van der Waals surface area contributed by atoms with Gasteiger partial charge >= 0.3 is 0 Å². The van der Waals surface area contributed by atoms with Crippen LogP contribution in [0.3, 0.4) is 0 Å². The Morgan fingerprint density at radius 2 is 1.88 bits per heavy atom. The molecule has 1 aromatic carbocycles. The van der Waals surface area contributed by atoms with Crippen molar-refractivity contribution in [3.8, 4) is 0 Å². The van der Waals surface area contributed by atoms with E-state index in [2.05, 4.69) is 22.9 Å². The van der Waals surface area contributed by atoms with Gasteiger partial charge in [-0.25, -0.2) is 0 Å². The predicted molar refractivity (Wildman–Crippen MR) is 92.7 cm³/mol. The molecule has 0 saturated heterocycles. The summed E-state index contributed by atoms with van der Waals surface area (Å²) in [5, 5.41) is 8.65. The predicted octanol–water partition coefficient (Wildman–Crippen LogP) is 2.54. The highest BCUT2D eigenvalue weighted by atomic mass is 16.3. The number of anilines is 1. The Balaban J connectivity index is 1.75.